The van der Waals surface area contributed by atoms with Crippen LogP contribution in [0, 0.1) is 29.0 Å². The highest BCUT2D eigenvalue weighted by molar-refractivity contribution is 5.85. The minimum Gasteiger partial charge on any atom is -0.206 e. The topological polar surface area (TPSA) is 23.8 Å². The Kier molecular flexibility index (Phi) is 6.99. The summed E-state index contributed by atoms with van der Waals surface area (Å²) in [5.41, 5.74) is 5.52. The molecule has 4 aromatic rings. The van der Waals surface area contributed by atoms with E-state index in [4.69, 9.17) is 5.26 Å². The highest BCUT2D eigenvalue weighted by Gasteiger charge is 2.08. The highest BCUT2D eigenvalue weighted by Crippen LogP contribution is 2.23. The monoisotopic (exact) mass is 429 g/mol. The molecule has 0 aromatic heterocycles. The standard InChI is InChI=1S/C31H24FN/c1-2-3-4-23-5-7-24(8-6-23)9-12-26-16-20-30-29(21-26)19-18-28(31(30)32)17-15-25-10-13-27(22-33)14-11-25/h2,5-8,10-11,13-14,16,18-21H,1,3-4,15,17H2. The first-order chi connectivity index (χ1) is 16.2. The largest absolute Gasteiger partial charge is 0.206 e. The van der Waals surface area contributed by atoms with E-state index in [9.17, 15) is 0 Å². The third-order valence-corrected chi connectivity index (χ3v) is 5.74. The lowest BCUT2D eigenvalue weighted by Crippen LogP contribution is -1.96. The lowest BCUT2D eigenvalue weighted by atomic mass is 9.98. The molecule has 0 atom stereocenters. The molecule has 0 aliphatic rings. The van der Waals surface area contributed by atoms with E-state index in [1.807, 2.05) is 60.7 Å². The molecule has 1 nitrogen and oxygen atoms in total. The van der Waals surface area contributed by atoms with Crippen molar-refractivity contribution >= 4 is 10.8 Å². The van der Waals surface area contributed by atoms with Crippen LogP contribution >= 0.6 is 0 Å². The van der Waals surface area contributed by atoms with Gasteiger partial charge in [0.05, 0.1) is 11.6 Å². The summed E-state index contributed by atoms with van der Waals surface area (Å²) in [4.78, 5) is 0. The fourth-order valence-electron chi connectivity index (χ4n) is 3.80. The number of hydrogen-bond donors (Lipinski definition) is 0. The molecule has 0 N–H and O–H groups in total. The van der Waals surface area contributed by atoms with E-state index in [2.05, 4.69) is 36.6 Å². The zero-order valence-corrected chi connectivity index (χ0v) is 18.4. The molecule has 0 amide bonds. The normalized spacial score (nSPS) is 10.3. The Morgan fingerprint density at radius 3 is 2.06 bits per heavy atom. The highest BCUT2D eigenvalue weighted by atomic mass is 19.1. The summed E-state index contributed by atoms with van der Waals surface area (Å²) in [5, 5.41) is 10.4. The Morgan fingerprint density at radius 2 is 1.36 bits per heavy atom. The van der Waals surface area contributed by atoms with E-state index >= 15 is 4.39 Å². The second-order valence-electron chi connectivity index (χ2n) is 8.06. The van der Waals surface area contributed by atoms with Crippen LogP contribution in [0.25, 0.3) is 10.8 Å². The van der Waals surface area contributed by atoms with Crippen molar-refractivity contribution in [2.45, 2.75) is 25.7 Å². The number of benzene rings is 4. The summed E-state index contributed by atoms with van der Waals surface area (Å²) in [7, 11) is 0. The van der Waals surface area contributed by atoms with E-state index in [0.29, 0.717) is 22.9 Å². The van der Waals surface area contributed by atoms with Gasteiger partial charge in [-0.3, -0.25) is 0 Å². The van der Waals surface area contributed by atoms with E-state index < -0.39 is 0 Å². The summed E-state index contributed by atoms with van der Waals surface area (Å²) in [5.74, 6) is 6.22. The van der Waals surface area contributed by atoms with Crippen molar-refractivity contribution in [2.24, 2.45) is 0 Å². The number of halogens is 1. The van der Waals surface area contributed by atoms with Gasteiger partial charge in [0.25, 0.3) is 0 Å². The summed E-state index contributed by atoms with van der Waals surface area (Å²) < 4.78 is 15.1. The molecule has 2 heteroatoms. The second kappa shape index (κ2) is 10.4. The number of nitriles is 1. The summed E-state index contributed by atoms with van der Waals surface area (Å²) >= 11 is 0. The molecule has 33 heavy (non-hydrogen) atoms. The van der Waals surface area contributed by atoms with Crippen molar-refractivity contribution in [3.8, 4) is 17.9 Å². The van der Waals surface area contributed by atoms with Crippen LogP contribution in [0.3, 0.4) is 0 Å². The van der Waals surface area contributed by atoms with E-state index in [1.165, 1.54) is 5.56 Å². The number of hydrogen-bond acceptors (Lipinski definition) is 1. The molecule has 0 heterocycles. The molecule has 0 radical (unpaired) electrons. The molecule has 0 fully saturated rings. The van der Waals surface area contributed by atoms with Gasteiger partial charge >= 0.3 is 0 Å². The number of rotatable bonds is 6. The van der Waals surface area contributed by atoms with Crippen molar-refractivity contribution in [1.82, 2.24) is 0 Å². The molecule has 0 saturated heterocycles. The molecular formula is C31H24FN. The average Bonchev–Trinajstić information content (AvgIpc) is 2.86. The lowest BCUT2D eigenvalue weighted by Gasteiger charge is -2.08. The molecular weight excluding hydrogens is 405 g/mol. The molecule has 0 bridgehead atoms. The Morgan fingerprint density at radius 1 is 0.727 bits per heavy atom. The van der Waals surface area contributed by atoms with Crippen molar-refractivity contribution in [3.05, 3.63) is 131 Å². The SMILES string of the molecule is C=CCCc1ccc(C#Cc2ccc3c(F)c(CCc4ccc(C#N)cc4)ccc3c2)cc1. The first-order valence-electron chi connectivity index (χ1n) is 11.1. The van der Waals surface area contributed by atoms with Crippen LogP contribution < -0.4 is 0 Å². The fraction of sp³-hybridized carbons (Fsp3) is 0.129. The third-order valence-electron chi connectivity index (χ3n) is 5.74. The first kappa shape index (κ1) is 22.1. The van der Waals surface area contributed by atoms with Gasteiger partial charge in [0.15, 0.2) is 0 Å². The number of nitrogens with zero attached hydrogens (tertiary/aromatic N) is 1. The van der Waals surface area contributed by atoms with Crippen molar-refractivity contribution in [2.75, 3.05) is 0 Å². The maximum atomic E-state index is 15.1. The van der Waals surface area contributed by atoms with E-state index in [1.54, 1.807) is 12.1 Å². The molecule has 0 unspecified atom stereocenters. The van der Waals surface area contributed by atoms with Gasteiger partial charge in [0.2, 0.25) is 0 Å². The van der Waals surface area contributed by atoms with Crippen LogP contribution in [0.15, 0.2) is 91.5 Å². The predicted octanol–water partition coefficient (Wildman–Crippen LogP) is 7.15. The van der Waals surface area contributed by atoms with Crippen LogP contribution in [-0.2, 0) is 19.3 Å². The van der Waals surface area contributed by atoms with Crippen LogP contribution in [0.2, 0.25) is 0 Å². The Bertz CT molecular complexity index is 1380. The number of allylic oxidation sites excluding steroid dienone is 1. The fourth-order valence-corrected chi connectivity index (χ4v) is 3.80. The molecule has 0 spiro atoms. The molecule has 160 valence electrons. The molecule has 4 rings (SSSR count). The van der Waals surface area contributed by atoms with Crippen LogP contribution in [0.4, 0.5) is 4.39 Å². The number of aryl methyl sites for hydroxylation is 3. The van der Waals surface area contributed by atoms with Crippen molar-refractivity contribution in [1.29, 1.82) is 5.26 Å². The van der Waals surface area contributed by atoms with Crippen molar-refractivity contribution in [3.63, 3.8) is 0 Å². The van der Waals surface area contributed by atoms with E-state index in [0.717, 1.165) is 41.3 Å². The Labute approximate surface area is 194 Å². The zero-order chi connectivity index (χ0) is 23.0. The predicted molar refractivity (Wildman–Crippen MR) is 133 cm³/mol. The zero-order valence-electron chi connectivity index (χ0n) is 18.4. The summed E-state index contributed by atoms with van der Waals surface area (Å²) in [6.45, 7) is 3.76. The smallest absolute Gasteiger partial charge is 0.134 e. The molecule has 0 aliphatic carbocycles. The van der Waals surface area contributed by atoms with Gasteiger partial charge in [-0.25, -0.2) is 4.39 Å². The maximum Gasteiger partial charge on any atom is 0.134 e. The Balaban J connectivity index is 1.48. The summed E-state index contributed by atoms with van der Waals surface area (Å²) in [6, 6.07) is 27.3. The van der Waals surface area contributed by atoms with Crippen LogP contribution in [0.1, 0.15) is 39.8 Å². The van der Waals surface area contributed by atoms with Gasteiger partial charge < -0.3 is 0 Å². The van der Waals surface area contributed by atoms with Crippen molar-refractivity contribution < 1.29 is 4.39 Å². The van der Waals surface area contributed by atoms with Crippen LogP contribution in [-0.4, -0.2) is 0 Å². The van der Waals surface area contributed by atoms with Gasteiger partial charge in [-0.1, -0.05) is 60.4 Å². The quantitative estimate of drug-likeness (QED) is 0.236. The van der Waals surface area contributed by atoms with Gasteiger partial charge in [-0.2, -0.15) is 5.26 Å². The van der Waals surface area contributed by atoms with Gasteiger partial charge in [0.1, 0.15) is 5.82 Å². The van der Waals surface area contributed by atoms with Gasteiger partial charge in [-0.15, -0.1) is 6.58 Å². The average molecular weight is 430 g/mol. The van der Waals surface area contributed by atoms with Crippen LogP contribution in [0.5, 0.6) is 0 Å². The second-order valence-corrected chi connectivity index (χ2v) is 8.06. The molecule has 4 aromatic carbocycles. The minimum atomic E-state index is -0.171. The maximum absolute atomic E-state index is 15.1. The summed E-state index contributed by atoms with van der Waals surface area (Å²) in [6.07, 6.45) is 5.22. The van der Waals surface area contributed by atoms with E-state index in [-0.39, 0.29) is 5.82 Å². The Hall–Kier alpha value is -4.14. The third kappa shape index (κ3) is 5.57. The van der Waals surface area contributed by atoms with Gasteiger partial charge in [0, 0.05) is 16.5 Å². The lowest BCUT2D eigenvalue weighted by molar-refractivity contribution is 0.620. The molecule has 0 saturated carbocycles. The molecule has 0 aliphatic heterocycles. The van der Waals surface area contributed by atoms with Gasteiger partial charge in [-0.05, 0) is 84.2 Å². The minimum absolute atomic E-state index is 0.171. The first-order valence-corrected chi connectivity index (χ1v) is 11.1. The number of fused-ring (bicyclic) bond motifs is 1.